The van der Waals surface area contributed by atoms with Gasteiger partial charge in [-0.3, -0.25) is 9.59 Å². The zero-order valence-corrected chi connectivity index (χ0v) is 19.7. The third-order valence-corrected chi connectivity index (χ3v) is 6.31. The Morgan fingerprint density at radius 2 is 1.97 bits per heavy atom. The van der Waals surface area contributed by atoms with Crippen LogP contribution < -0.4 is 15.5 Å². The minimum atomic E-state index is -0.661. The summed E-state index contributed by atoms with van der Waals surface area (Å²) in [5.74, 6) is 1.05. The van der Waals surface area contributed by atoms with Crippen molar-refractivity contribution in [2.24, 2.45) is 0 Å². The highest BCUT2D eigenvalue weighted by atomic mass is 35.5. The standard InChI is InChI=1S/C22H26Cl2N4O2S/c1-31-11-7-19(27-21(29)17-5-4-16(23)13-18(17)24)22(30)26-14-15-6-8-25-20(12-15)28-9-2-3-10-28/h4-6,8,12-13,19H,2-3,7,9-11,14H2,1H3,(H,26,30)(H,27,29). The van der Waals surface area contributed by atoms with Crippen molar-refractivity contribution in [3.63, 3.8) is 0 Å². The smallest absolute Gasteiger partial charge is 0.253 e. The lowest BCUT2D eigenvalue weighted by atomic mass is 10.1. The summed E-state index contributed by atoms with van der Waals surface area (Å²) in [6.07, 6.45) is 6.60. The van der Waals surface area contributed by atoms with Crippen LogP contribution in [0.1, 0.15) is 35.2 Å². The molecule has 2 N–H and O–H groups in total. The zero-order chi connectivity index (χ0) is 22.2. The van der Waals surface area contributed by atoms with E-state index in [1.807, 2.05) is 18.4 Å². The predicted molar refractivity (Wildman–Crippen MR) is 128 cm³/mol. The van der Waals surface area contributed by atoms with Crippen molar-refractivity contribution in [2.45, 2.75) is 31.8 Å². The molecule has 31 heavy (non-hydrogen) atoms. The molecule has 2 amide bonds. The van der Waals surface area contributed by atoms with E-state index in [4.69, 9.17) is 23.2 Å². The number of halogens is 2. The summed E-state index contributed by atoms with van der Waals surface area (Å²) >= 11 is 13.7. The zero-order valence-electron chi connectivity index (χ0n) is 17.4. The number of thioether (sulfide) groups is 1. The first-order valence-corrected chi connectivity index (χ1v) is 12.4. The number of carbonyl (C=O) groups is 2. The molecule has 0 saturated carbocycles. The van der Waals surface area contributed by atoms with Crippen LogP contribution in [-0.2, 0) is 11.3 Å². The second-order valence-electron chi connectivity index (χ2n) is 7.37. The molecule has 1 fully saturated rings. The van der Waals surface area contributed by atoms with Gasteiger partial charge in [0.25, 0.3) is 5.91 Å². The molecule has 1 unspecified atom stereocenters. The number of pyridine rings is 1. The van der Waals surface area contributed by atoms with Crippen LogP contribution >= 0.6 is 35.0 Å². The Kier molecular flexibility index (Phi) is 8.87. The lowest BCUT2D eigenvalue weighted by molar-refractivity contribution is -0.123. The molecule has 0 radical (unpaired) electrons. The molecule has 0 aliphatic carbocycles. The minimum absolute atomic E-state index is 0.230. The number of nitrogens with zero attached hydrogens (tertiary/aromatic N) is 2. The summed E-state index contributed by atoms with van der Waals surface area (Å²) in [6.45, 7) is 2.40. The molecular formula is C22H26Cl2N4O2S. The number of aromatic nitrogens is 1. The van der Waals surface area contributed by atoms with E-state index in [-0.39, 0.29) is 16.5 Å². The van der Waals surface area contributed by atoms with E-state index in [1.165, 1.54) is 18.9 Å². The topological polar surface area (TPSA) is 74.3 Å². The van der Waals surface area contributed by atoms with Crippen LogP contribution in [0.15, 0.2) is 36.5 Å². The summed E-state index contributed by atoms with van der Waals surface area (Å²) in [6, 6.07) is 7.90. The summed E-state index contributed by atoms with van der Waals surface area (Å²) in [5.41, 5.74) is 1.26. The van der Waals surface area contributed by atoms with Gasteiger partial charge in [-0.05, 0) is 67.2 Å². The minimum Gasteiger partial charge on any atom is -0.357 e. The Bertz CT molecular complexity index is 922. The lowest BCUT2D eigenvalue weighted by Gasteiger charge is -2.19. The van der Waals surface area contributed by atoms with E-state index in [9.17, 15) is 9.59 Å². The van der Waals surface area contributed by atoms with Crippen LogP contribution in [0.3, 0.4) is 0 Å². The van der Waals surface area contributed by atoms with Crippen LogP contribution in [0.25, 0.3) is 0 Å². The maximum atomic E-state index is 12.9. The average molecular weight is 481 g/mol. The van der Waals surface area contributed by atoms with Crippen molar-refractivity contribution in [2.75, 3.05) is 30.0 Å². The Labute approximate surface area is 197 Å². The van der Waals surface area contributed by atoms with E-state index in [0.29, 0.717) is 18.0 Å². The first kappa shape index (κ1) is 23.7. The van der Waals surface area contributed by atoms with Crippen LogP contribution in [0.2, 0.25) is 10.0 Å². The molecule has 6 nitrogen and oxygen atoms in total. The third kappa shape index (κ3) is 6.76. The highest BCUT2D eigenvalue weighted by Gasteiger charge is 2.22. The number of hydrogen-bond donors (Lipinski definition) is 2. The highest BCUT2D eigenvalue weighted by molar-refractivity contribution is 7.98. The number of rotatable bonds is 9. The van der Waals surface area contributed by atoms with Gasteiger partial charge in [-0.15, -0.1) is 0 Å². The van der Waals surface area contributed by atoms with Crippen molar-refractivity contribution in [3.8, 4) is 0 Å². The van der Waals surface area contributed by atoms with E-state index in [1.54, 1.807) is 30.1 Å². The maximum absolute atomic E-state index is 12.9. The van der Waals surface area contributed by atoms with Crippen LogP contribution in [0, 0.1) is 0 Å². The highest BCUT2D eigenvalue weighted by Crippen LogP contribution is 2.21. The van der Waals surface area contributed by atoms with Crippen molar-refractivity contribution in [3.05, 3.63) is 57.7 Å². The molecule has 2 aromatic rings. The van der Waals surface area contributed by atoms with Gasteiger partial charge in [0.2, 0.25) is 5.91 Å². The third-order valence-electron chi connectivity index (χ3n) is 5.11. The van der Waals surface area contributed by atoms with Gasteiger partial charge < -0.3 is 15.5 Å². The first-order valence-electron chi connectivity index (χ1n) is 10.2. The molecule has 1 aliphatic heterocycles. The number of hydrogen-bond acceptors (Lipinski definition) is 5. The summed E-state index contributed by atoms with van der Waals surface area (Å²) in [7, 11) is 0. The molecular weight excluding hydrogens is 455 g/mol. The Balaban J connectivity index is 1.63. The Hall–Kier alpha value is -1.96. The van der Waals surface area contributed by atoms with Crippen molar-refractivity contribution >= 4 is 52.6 Å². The van der Waals surface area contributed by atoms with Gasteiger partial charge in [-0.2, -0.15) is 11.8 Å². The average Bonchev–Trinajstić information content (AvgIpc) is 3.30. The molecule has 3 rings (SSSR count). The largest absolute Gasteiger partial charge is 0.357 e. The molecule has 166 valence electrons. The van der Waals surface area contributed by atoms with Crippen LogP contribution in [0.5, 0.6) is 0 Å². The van der Waals surface area contributed by atoms with E-state index in [0.717, 1.165) is 30.2 Å². The molecule has 1 atom stereocenters. The summed E-state index contributed by atoms with van der Waals surface area (Å²) < 4.78 is 0. The van der Waals surface area contributed by atoms with Gasteiger partial charge in [-0.1, -0.05) is 23.2 Å². The SMILES string of the molecule is CSCCC(NC(=O)c1ccc(Cl)cc1Cl)C(=O)NCc1ccnc(N2CCCC2)c1. The van der Waals surface area contributed by atoms with Gasteiger partial charge in [0.1, 0.15) is 11.9 Å². The maximum Gasteiger partial charge on any atom is 0.253 e. The van der Waals surface area contributed by atoms with Crippen LogP contribution in [0.4, 0.5) is 5.82 Å². The fourth-order valence-corrected chi connectivity index (χ4v) is 4.38. The number of carbonyl (C=O) groups excluding carboxylic acids is 2. The van der Waals surface area contributed by atoms with E-state index >= 15 is 0 Å². The fraction of sp³-hybridized carbons (Fsp3) is 0.409. The molecule has 1 aromatic carbocycles. The number of benzene rings is 1. The van der Waals surface area contributed by atoms with Gasteiger partial charge in [0.15, 0.2) is 0 Å². The van der Waals surface area contributed by atoms with Gasteiger partial charge in [0.05, 0.1) is 10.6 Å². The first-order chi connectivity index (χ1) is 15.0. The molecule has 0 bridgehead atoms. The molecule has 0 spiro atoms. The molecule has 1 saturated heterocycles. The number of nitrogens with one attached hydrogen (secondary N) is 2. The van der Waals surface area contributed by atoms with E-state index < -0.39 is 11.9 Å². The van der Waals surface area contributed by atoms with Gasteiger partial charge in [-0.25, -0.2) is 4.98 Å². The lowest BCUT2D eigenvalue weighted by Crippen LogP contribution is -2.47. The molecule has 1 aliphatic rings. The molecule has 2 heterocycles. The van der Waals surface area contributed by atoms with Crippen molar-refractivity contribution in [1.29, 1.82) is 0 Å². The Morgan fingerprint density at radius 3 is 2.68 bits per heavy atom. The fourth-order valence-electron chi connectivity index (χ4n) is 3.42. The second kappa shape index (κ2) is 11.6. The van der Waals surface area contributed by atoms with Crippen molar-refractivity contribution < 1.29 is 9.59 Å². The van der Waals surface area contributed by atoms with Gasteiger partial charge >= 0.3 is 0 Å². The Morgan fingerprint density at radius 1 is 1.19 bits per heavy atom. The second-order valence-corrected chi connectivity index (χ2v) is 9.20. The van der Waals surface area contributed by atoms with Crippen LogP contribution in [-0.4, -0.2) is 47.9 Å². The van der Waals surface area contributed by atoms with E-state index in [2.05, 4.69) is 20.5 Å². The summed E-state index contributed by atoms with van der Waals surface area (Å²) in [4.78, 5) is 32.2. The molecule has 1 aromatic heterocycles. The van der Waals surface area contributed by atoms with Gasteiger partial charge in [0, 0.05) is 30.9 Å². The predicted octanol–water partition coefficient (Wildman–Crippen LogP) is 4.16. The monoisotopic (exact) mass is 480 g/mol. The number of amides is 2. The number of anilines is 1. The van der Waals surface area contributed by atoms with Crippen molar-refractivity contribution in [1.82, 2.24) is 15.6 Å². The summed E-state index contributed by atoms with van der Waals surface area (Å²) in [5, 5.41) is 6.45. The molecule has 9 heteroatoms. The normalized spacial score (nSPS) is 14.4. The quantitative estimate of drug-likeness (QED) is 0.563.